The lowest BCUT2D eigenvalue weighted by Crippen LogP contribution is -2.33. The number of carbonyl (C=O) groups excluding carboxylic acids is 1. The molecular weight excluding hydrogens is 462 g/mol. The maximum atomic E-state index is 13.4. The van der Waals surface area contributed by atoms with Crippen molar-refractivity contribution in [2.45, 2.75) is 26.3 Å². The number of fused-ring (bicyclic) bond motifs is 1. The second kappa shape index (κ2) is 8.53. The summed E-state index contributed by atoms with van der Waals surface area (Å²) < 4.78 is 2.42. The van der Waals surface area contributed by atoms with E-state index in [0.717, 1.165) is 21.2 Å². The first-order valence-electron chi connectivity index (χ1n) is 9.59. The number of nitrogens with one attached hydrogen (secondary N) is 1. The predicted octanol–water partition coefficient (Wildman–Crippen LogP) is 5.79. The minimum absolute atomic E-state index is 0.203. The van der Waals surface area contributed by atoms with E-state index in [-0.39, 0.29) is 11.5 Å². The van der Waals surface area contributed by atoms with E-state index in [0.29, 0.717) is 22.3 Å². The smallest absolute Gasteiger partial charge is 0.263 e. The number of nitrogens with zero attached hydrogens (tertiary/aromatic N) is 2. The van der Waals surface area contributed by atoms with E-state index in [1.165, 1.54) is 22.2 Å². The molecule has 4 rings (SSSR count). The minimum atomic E-state index is -0.646. The maximum absolute atomic E-state index is 13.4. The zero-order chi connectivity index (χ0) is 21.3. The van der Waals surface area contributed by atoms with Gasteiger partial charge in [-0.15, -0.1) is 11.3 Å². The molecule has 0 bridgehead atoms. The largest absolute Gasteiger partial charge is 0.324 e. The normalized spacial score (nSPS) is 12.1. The third kappa shape index (κ3) is 3.95. The summed E-state index contributed by atoms with van der Waals surface area (Å²) in [6, 6.07) is 14.8. The number of halogens is 1. The first-order valence-corrected chi connectivity index (χ1v) is 11.3. The number of hydrogen-bond acceptors (Lipinski definition) is 4. The monoisotopic (exact) mass is 481 g/mol. The molecule has 30 heavy (non-hydrogen) atoms. The van der Waals surface area contributed by atoms with Crippen molar-refractivity contribution in [1.82, 2.24) is 9.55 Å². The molecule has 0 saturated carbocycles. The Hall–Kier alpha value is -2.77. The molecule has 2 heterocycles. The third-order valence-electron chi connectivity index (χ3n) is 4.99. The fraction of sp³-hybridized carbons (Fsp3) is 0.174. The zero-order valence-electron chi connectivity index (χ0n) is 16.6. The average Bonchev–Trinajstić information content (AvgIpc) is 3.16. The highest BCUT2D eigenvalue weighted by Crippen LogP contribution is 2.31. The van der Waals surface area contributed by atoms with Gasteiger partial charge in [-0.1, -0.05) is 47.1 Å². The van der Waals surface area contributed by atoms with Crippen molar-refractivity contribution in [3.63, 3.8) is 0 Å². The SMILES string of the molecule is CCC(C(=O)Nc1cccc(C)c1)n1cnc2scc(-c3ccc(Br)cc3)c2c1=O. The van der Waals surface area contributed by atoms with E-state index in [2.05, 4.69) is 26.2 Å². The van der Waals surface area contributed by atoms with Crippen molar-refractivity contribution in [1.29, 1.82) is 0 Å². The number of carbonyl (C=O) groups is 1. The van der Waals surface area contributed by atoms with E-state index in [9.17, 15) is 9.59 Å². The van der Waals surface area contributed by atoms with Gasteiger partial charge in [0, 0.05) is 21.1 Å². The topological polar surface area (TPSA) is 64.0 Å². The van der Waals surface area contributed by atoms with Gasteiger partial charge in [0.15, 0.2) is 0 Å². The van der Waals surface area contributed by atoms with E-state index in [1.807, 2.05) is 67.8 Å². The summed E-state index contributed by atoms with van der Waals surface area (Å²) in [7, 11) is 0. The van der Waals surface area contributed by atoms with Crippen LogP contribution >= 0.6 is 27.3 Å². The molecule has 5 nitrogen and oxygen atoms in total. The molecule has 2 aromatic carbocycles. The number of benzene rings is 2. The van der Waals surface area contributed by atoms with Gasteiger partial charge >= 0.3 is 0 Å². The summed E-state index contributed by atoms with van der Waals surface area (Å²) in [5, 5.41) is 5.42. The molecule has 1 amide bonds. The molecule has 1 N–H and O–H groups in total. The van der Waals surface area contributed by atoms with Crippen LogP contribution in [0.5, 0.6) is 0 Å². The standard InChI is InChI=1S/C23H20BrN3O2S/c1-3-19(21(28)26-17-6-4-5-14(2)11-17)27-13-25-22-20(23(27)29)18(12-30-22)15-7-9-16(24)10-8-15/h4-13,19H,3H2,1-2H3,(H,26,28). The van der Waals surface area contributed by atoms with Crippen molar-refractivity contribution in [2.24, 2.45) is 0 Å². The van der Waals surface area contributed by atoms with Gasteiger partial charge in [0.25, 0.3) is 5.56 Å². The maximum Gasteiger partial charge on any atom is 0.263 e. The number of rotatable bonds is 5. The molecule has 7 heteroatoms. The summed E-state index contributed by atoms with van der Waals surface area (Å²) in [4.78, 5) is 31.5. The van der Waals surface area contributed by atoms with Crippen LogP contribution in [0.2, 0.25) is 0 Å². The van der Waals surface area contributed by atoms with Gasteiger partial charge in [-0.25, -0.2) is 4.98 Å². The Balaban J connectivity index is 1.74. The Kier molecular flexibility index (Phi) is 5.83. The van der Waals surface area contributed by atoms with Crippen molar-refractivity contribution < 1.29 is 4.79 Å². The van der Waals surface area contributed by atoms with Gasteiger partial charge in [0.1, 0.15) is 10.9 Å². The van der Waals surface area contributed by atoms with Crippen molar-refractivity contribution in [3.05, 3.63) is 80.6 Å². The van der Waals surface area contributed by atoms with Gasteiger partial charge in [0.2, 0.25) is 5.91 Å². The summed E-state index contributed by atoms with van der Waals surface area (Å²) in [5.74, 6) is -0.230. The van der Waals surface area contributed by atoms with E-state index in [4.69, 9.17) is 0 Å². The molecule has 0 fully saturated rings. The van der Waals surface area contributed by atoms with Gasteiger partial charge in [-0.2, -0.15) is 0 Å². The lowest BCUT2D eigenvalue weighted by Gasteiger charge is -2.18. The quantitative estimate of drug-likeness (QED) is 0.392. The lowest BCUT2D eigenvalue weighted by atomic mass is 10.1. The van der Waals surface area contributed by atoms with Gasteiger partial charge in [-0.3, -0.25) is 14.2 Å². The van der Waals surface area contributed by atoms with Crippen molar-refractivity contribution >= 4 is 49.1 Å². The number of thiophene rings is 1. The Labute approximate surface area is 186 Å². The number of anilines is 1. The molecule has 152 valence electrons. The molecule has 0 radical (unpaired) electrons. The van der Waals surface area contributed by atoms with Gasteiger partial charge in [-0.05, 0) is 48.7 Å². The van der Waals surface area contributed by atoms with Crippen LogP contribution in [0.3, 0.4) is 0 Å². The van der Waals surface area contributed by atoms with Gasteiger partial charge in [0.05, 0.1) is 11.7 Å². The molecule has 0 aliphatic rings. The molecule has 0 aliphatic carbocycles. The molecule has 2 aromatic heterocycles. The summed E-state index contributed by atoms with van der Waals surface area (Å²) in [5.41, 5.74) is 3.34. The second-order valence-electron chi connectivity index (χ2n) is 7.08. The Bertz CT molecular complexity index is 1280. The predicted molar refractivity (Wildman–Crippen MR) is 126 cm³/mol. The molecule has 4 aromatic rings. The number of amides is 1. The third-order valence-corrected chi connectivity index (χ3v) is 6.40. The van der Waals surface area contributed by atoms with Crippen molar-refractivity contribution in [2.75, 3.05) is 5.32 Å². The zero-order valence-corrected chi connectivity index (χ0v) is 19.0. The number of aromatic nitrogens is 2. The lowest BCUT2D eigenvalue weighted by molar-refractivity contribution is -0.119. The highest BCUT2D eigenvalue weighted by Gasteiger charge is 2.23. The van der Waals surface area contributed by atoms with Crippen LogP contribution in [-0.2, 0) is 4.79 Å². The molecule has 0 spiro atoms. The fourth-order valence-corrected chi connectivity index (χ4v) is 4.64. The van der Waals surface area contributed by atoms with E-state index in [1.54, 1.807) is 0 Å². The van der Waals surface area contributed by atoms with Crippen LogP contribution in [0.25, 0.3) is 21.3 Å². The molecular formula is C23H20BrN3O2S. The Morgan fingerprint density at radius 1 is 1.23 bits per heavy atom. The number of hydrogen-bond donors (Lipinski definition) is 1. The molecule has 1 atom stereocenters. The Morgan fingerprint density at radius 3 is 2.70 bits per heavy atom. The highest BCUT2D eigenvalue weighted by molar-refractivity contribution is 9.10. The van der Waals surface area contributed by atoms with Crippen molar-refractivity contribution in [3.8, 4) is 11.1 Å². The first-order chi connectivity index (χ1) is 14.5. The molecule has 0 aliphatic heterocycles. The van der Waals surface area contributed by atoms with Crippen LogP contribution in [0, 0.1) is 6.92 Å². The Morgan fingerprint density at radius 2 is 2.00 bits per heavy atom. The average molecular weight is 482 g/mol. The summed E-state index contributed by atoms with van der Waals surface area (Å²) in [6.45, 7) is 3.86. The van der Waals surface area contributed by atoms with Gasteiger partial charge < -0.3 is 5.32 Å². The van der Waals surface area contributed by atoms with Crippen LogP contribution < -0.4 is 10.9 Å². The van der Waals surface area contributed by atoms with Crippen LogP contribution in [-0.4, -0.2) is 15.5 Å². The highest BCUT2D eigenvalue weighted by atomic mass is 79.9. The van der Waals surface area contributed by atoms with Crippen LogP contribution in [0.4, 0.5) is 5.69 Å². The second-order valence-corrected chi connectivity index (χ2v) is 8.85. The summed E-state index contributed by atoms with van der Waals surface area (Å²) >= 11 is 4.87. The van der Waals surface area contributed by atoms with E-state index < -0.39 is 6.04 Å². The summed E-state index contributed by atoms with van der Waals surface area (Å²) in [6.07, 6.45) is 1.96. The van der Waals surface area contributed by atoms with Crippen LogP contribution in [0.15, 0.2) is 69.5 Å². The minimum Gasteiger partial charge on any atom is -0.324 e. The molecule has 1 unspecified atom stereocenters. The first kappa shape index (κ1) is 20.5. The van der Waals surface area contributed by atoms with E-state index >= 15 is 0 Å². The molecule has 0 saturated heterocycles. The van der Waals surface area contributed by atoms with Crippen LogP contribution in [0.1, 0.15) is 24.9 Å². The number of aryl methyl sites for hydroxylation is 1. The fourth-order valence-electron chi connectivity index (χ4n) is 3.47.